The summed E-state index contributed by atoms with van der Waals surface area (Å²) < 4.78 is 6.88. The normalized spacial score (nSPS) is 11.8. The van der Waals surface area contributed by atoms with E-state index in [0.717, 1.165) is 14.8 Å². The van der Waals surface area contributed by atoms with Gasteiger partial charge in [0.15, 0.2) is 6.10 Å². The zero-order valence-electron chi connectivity index (χ0n) is 12.4. The molecule has 0 aliphatic rings. The number of anilines is 1. The van der Waals surface area contributed by atoms with Crippen molar-refractivity contribution in [3.05, 3.63) is 56.6 Å². The minimum absolute atomic E-state index is 0.174. The van der Waals surface area contributed by atoms with Crippen LogP contribution in [0.5, 0.6) is 5.75 Å². The lowest BCUT2D eigenvalue weighted by Crippen LogP contribution is -2.32. The Morgan fingerprint density at radius 2 is 2.05 bits per heavy atom. The highest BCUT2D eigenvalue weighted by atomic mass is 127. The summed E-state index contributed by atoms with van der Waals surface area (Å²) in [7, 11) is 0. The van der Waals surface area contributed by atoms with Gasteiger partial charge in [0.1, 0.15) is 5.75 Å². The second-order valence-corrected chi connectivity index (χ2v) is 6.55. The number of carbonyl (C=O) groups is 1. The molecule has 0 unspecified atom stereocenters. The van der Waals surface area contributed by atoms with Gasteiger partial charge in [-0.1, -0.05) is 30.7 Å². The Labute approximate surface area is 149 Å². The van der Waals surface area contributed by atoms with Crippen molar-refractivity contribution in [2.45, 2.75) is 26.4 Å². The molecule has 22 heavy (non-hydrogen) atoms. The summed E-state index contributed by atoms with van der Waals surface area (Å²) in [6.07, 6.45) is -0.0286. The zero-order valence-corrected chi connectivity index (χ0v) is 15.3. The Balaban J connectivity index is 2.10. The minimum atomic E-state index is -0.585. The van der Waals surface area contributed by atoms with Crippen LogP contribution < -0.4 is 10.1 Å². The molecule has 0 bridgehead atoms. The van der Waals surface area contributed by atoms with Crippen LogP contribution in [0.4, 0.5) is 5.69 Å². The van der Waals surface area contributed by atoms with E-state index in [4.69, 9.17) is 16.3 Å². The SMILES string of the molecule is CC[C@H](Oc1ccccc1Cl)C(=O)Nc1ccc(I)cc1C. The Morgan fingerprint density at radius 1 is 1.32 bits per heavy atom. The second-order valence-electron chi connectivity index (χ2n) is 4.89. The largest absolute Gasteiger partial charge is 0.479 e. The van der Waals surface area contributed by atoms with Crippen molar-refractivity contribution in [3.8, 4) is 5.75 Å². The molecule has 1 atom stereocenters. The standard InChI is InChI=1S/C17H17ClINO2/c1-3-15(22-16-7-5-4-6-13(16)18)17(21)20-14-9-8-12(19)10-11(14)2/h4-10,15H,3H2,1-2H3,(H,20,21)/t15-/m0/s1. The van der Waals surface area contributed by atoms with E-state index in [2.05, 4.69) is 27.9 Å². The van der Waals surface area contributed by atoms with Gasteiger partial charge in [0.05, 0.1) is 5.02 Å². The van der Waals surface area contributed by atoms with Gasteiger partial charge in [-0.05, 0) is 71.8 Å². The first-order chi connectivity index (χ1) is 10.5. The van der Waals surface area contributed by atoms with Gasteiger partial charge >= 0.3 is 0 Å². The average Bonchev–Trinajstić information content (AvgIpc) is 2.49. The van der Waals surface area contributed by atoms with E-state index in [1.54, 1.807) is 12.1 Å². The van der Waals surface area contributed by atoms with Crippen LogP contribution in [-0.2, 0) is 4.79 Å². The molecular weight excluding hydrogens is 413 g/mol. The van der Waals surface area contributed by atoms with Crippen LogP contribution in [0.15, 0.2) is 42.5 Å². The molecule has 0 saturated carbocycles. The number of hydrogen-bond donors (Lipinski definition) is 1. The van der Waals surface area contributed by atoms with Crippen LogP contribution in [0.25, 0.3) is 0 Å². The molecule has 2 rings (SSSR count). The number of aryl methyl sites for hydroxylation is 1. The van der Waals surface area contributed by atoms with Crippen molar-refractivity contribution in [1.82, 2.24) is 0 Å². The fourth-order valence-electron chi connectivity index (χ4n) is 2.00. The maximum atomic E-state index is 12.4. The lowest BCUT2D eigenvalue weighted by atomic mass is 10.2. The van der Waals surface area contributed by atoms with Gasteiger partial charge in [0, 0.05) is 9.26 Å². The van der Waals surface area contributed by atoms with Crippen LogP contribution in [-0.4, -0.2) is 12.0 Å². The van der Waals surface area contributed by atoms with E-state index in [1.807, 2.05) is 44.2 Å². The first-order valence-electron chi connectivity index (χ1n) is 6.99. The number of rotatable bonds is 5. The zero-order chi connectivity index (χ0) is 16.1. The van der Waals surface area contributed by atoms with Gasteiger partial charge in [0.25, 0.3) is 5.91 Å². The van der Waals surface area contributed by atoms with E-state index >= 15 is 0 Å². The number of para-hydroxylation sites is 1. The minimum Gasteiger partial charge on any atom is -0.479 e. The summed E-state index contributed by atoms with van der Waals surface area (Å²) in [6.45, 7) is 3.87. The Morgan fingerprint density at radius 3 is 2.68 bits per heavy atom. The molecule has 0 aliphatic heterocycles. The summed E-state index contributed by atoms with van der Waals surface area (Å²) in [4.78, 5) is 12.4. The molecule has 3 nitrogen and oxygen atoms in total. The molecule has 5 heteroatoms. The van der Waals surface area contributed by atoms with Crippen molar-refractivity contribution in [1.29, 1.82) is 0 Å². The van der Waals surface area contributed by atoms with Crippen molar-refractivity contribution in [2.24, 2.45) is 0 Å². The molecule has 2 aromatic rings. The molecule has 1 amide bonds. The first-order valence-corrected chi connectivity index (χ1v) is 8.45. The molecule has 2 aromatic carbocycles. The fourth-order valence-corrected chi connectivity index (χ4v) is 2.82. The fraction of sp³-hybridized carbons (Fsp3) is 0.235. The van der Waals surface area contributed by atoms with Crippen LogP contribution in [0.1, 0.15) is 18.9 Å². The maximum Gasteiger partial charge on any atom is 0.265 e. The Bertz CT molecular complexity index is 675. The predicted molar refractivity (Wildman–Crippen MR) is 98.7 cm³/mol. The number of amides is 1. The highest BCUT2D eigenvalue weighted by Crippen LogP contribution is 2.25. The number of ether oxygens (including phenoxy) is 1. The summed E-state index contributed by atoms with van der Waals surface area (Å²) >= 11 is 8.32. The highest BCUT2D eigenvalue weighted by Gasteiger charge is 2.20. The summed E-state index contributed by atoms with van der Waals surface area (Å²) in [6, 6.07) is 13.0. The van der Waals surface area contributed by atoms with Crippen LogP contribution >= 0.6 is 34.2 Å². The molecule has 1 N–H and O–H groups in total. The van der Waals surface area contributed by atoms with Crippen molar-refractivity contribution in [2.75, 3.05) is 5.32 Å². The van der Waals surface area contributed by atoms with E-state index < -0.39 is 6.10 Å². The van der Waals surface area contributed by atoms with Gasteiger partial charge in [0.2, 0.25) is 0 Å². The van der Waals surface area contributed by atoms with Gasteiger partial charge in [-0.25, -0.2) is 0 Å². The van der Waals surface area contributed by atoms with E-state index in [1.165, 1.54) is 0 Å². The van der Waals surface area contributed by atoms with Gasteiger partial charge in [-0.3, -0.25) is 4.79 Å². The molecule has 0 fully saturated rings. The third-order valence-electron chi connectivity index (χ3n) is 3.22. The predicted octanol–water partition coefficient (Wildman–Crippen LogP) is 5.05. The average molecular weight is 430 g/mol. The quantitative estimate of drug-likeness (QED) is 0.676. The Kier molecular flexibility index (Phi) is 6.08. The first kappa shape index (κ1) is 17.1. The Hall–Kier alpha value is -1.27. The smallest absolute Gasteiger partial charge is 0.265 e. The molecule has 116 valence electrons. The molecule has 0 aliphatic carbocycles. The highest BCUT2D eigenvalue weighted by molar-refractivity contribution is 14.1. The number of carbonyl (C=O) groups excluding carboxylic acids is 1. The van der Waals surface area contributed by atoms with Gasteiger partial charge in [-0.15, -0.1) is 0 Å². The second kappa shape index (κ2) is 7.83. The van der Waals surface area contributed by atoms with Crippen LogP contribution in [0, 0.1) is 10.5 Å². The molecular formula is C17H17ClINO2. The van der Waals surface area contributed by atoms with Gasteiger partial charge < -0.3 is 10.1 Å². The summed E-state index contributed by atoms with van der Waals surface area (Å²) in [5.41, 5.74) is 1.82. The van der Waals surface area contributed by atoms with Crippen LogP contribution in [0.3, 0.4) is 0 Å². The third-order valence-corrected chi connectivity index (χ3v) is 4.20. The van der Waals surface area contributed by atoms with Crippen LogP contribution in [0.2, 0.25) is 5.02 Å². The topological polar surface area (TPSA) is 38.3 Å². The summed E-state index contributed by atoms with van der Waals surface area (Å²) in [5, 5.41) is 3.42. The summed E-state index contributed by atoms with van der Waals surface area (Å²) in [5.74, 6) is 0.345. The molecule has 0 radical (unpaired) electrons. The molecule has 0 heterocycles. The van der Waals surface area contributed by atoms with Crippen molar-refractivity contribution >= 4 is 45.8 Å². The molecule has 0 saturated heterocycles. The number of benzene rings is 2. The van der Waals surface area contributed by atoms with E-state index in [-0.39, 0.29) is 5.91 Å². The number of nitrogens with one attached hydrogen (secondary N) is 1. The van der Waals surface area contributed by atoms with E-state index in [0.29, 0.717) is 17.2 Å². The van der Waals surface area contributed by atoms with Crippen molar-refractivity contribution in [3.63, 3.8) is 0 Å². The number of halogens is 2. The molecule has 0 spiro atoms. The lowest BCUT2D eigenvalue weighted by molar-refractivity contribution is -0.122. The van der Waals surface area contributed by atoms with Crippen molar-refractivity contribution < 1.29 is 9.53 Å². The lowest BCUT2D eigenvalue weighted by Gasteiger charge is -2.18. The molecule has 0 aromatic heterocycles. The van der Waals surface area contributed by atoms with Gasteiger partial charge in [-0.2, -0.15) is 0 Å². The maximum absolute atomic E-state index is 12.4. The number of hydrogen-bond acceptors (Lipinski definition) is 2. The third kappa shape index (κ3) is 4.36. The monoisotopic (exact) mass is 429 g/mol. The van der Waals surface area contributed by atoms with E-state index in [9.17, 15) is 4.79 Å².